The second-order valence-electron chi connectivity index (χ2n) is 29.4. The van der Waals surface area contributed by atoms with Gasteiger partial charge in [-0.15, -0.1) is 0 Å². The van der Waals surface area contributed by atoms with Crippen molar-refractivity contribution in [1.82, 2.24) is 0 Å². The molecule has 0 aromatic heterocycles. The van der Waals surface area contributed by atoms with Gasteiger partial charge < -0.3 is 33.8 Å². The third kappa shape index (κ3) is 72.4. The molecule has 3 N–H and O–H groups in total. The Bertz CT molecular complexity index is 1890. The zero-order valence-electron chi connectivity index (χ0n) is 64.1. The zero-order valence-corrected chi connectivity index (χ0v) is 65.9. The quantitative estimate of drug-likeness (QED) is 0.0222. The van der Waals surface area contributed by atoms with Gasteiger partial charge in [0.15, 0.2) is 12.2 Å². The highest BCUT2D eigenvalue weighted by Gasteiger charge is 2.30. The molecular weight excluding hydrogens is 1280 g/mol. The van der Waals surface area contributed by atoms with Gasteiger partial charge in [0.25, 0.3) is 0 Å². The average Bonchev–Trinajstić information content (AvgIpc) is 1.05. The van der Waals surface area contributed by atoms with E-state index in [9.17, 15) is 43.2 Å². The Morgan fingerprint density at radius 2 is 0.469 bits per heavy atom. The lowest BCUT2D eigenvalue weighted by Crippen LogP contribution is -2.30. The third-order valence-corrected chi connectivity index (χ3v) is 20.4. The van der Waals surface area contributed by atoms with Crippen LogP contribution in [0.4, 0.5) is 0 Å². The van der Waals surface area contributed by atoms with Crippen LogP contribution in [0.2, 0.25) is 0 Å². The van der Waals surface area contributed by atoms with E-state index >= 15 is 0 Å². The molecule has 0 aliphatic rings. The van der Waals surface area contributed by atoms with Crippen LogP contribution in [0.15, 0.2) is 0 Å². The minimum Gasteiger partial charge on any atom is -0.462 e. The topological polar surface area (TPSA) is 237 Å². The summed E-state index contributed by atoms with van der Waals surface area (Å²) < 4.78 is 68.5. The number of hydrogen-bond acceptors (Lipinski definition) is 15. The summed E-state index contributed by atoms with van der Waals surface area (Å²) >= 11 is 0. The van der Waals surface area contributed by atoms with Crippen LogP contribution in [0.5, 0.6) is 0 Å². The van der Waals surface area contributed by atoms with E-state index in [0.717, 1.165) is 108 Å². The lowest BCUT2D eigenvalue weighted by Gasteiger charge is -2.21. The van der Waals surface area contributed by atoms with Crippen molar-refractivity contribution in [1.29, 1.82) is 0 Å². The number of carbonyl (C=O) groups is 4. The van der Waals surface area contributed by atoms with Crippen molar-refractivity contribution >= 4 is 39.5 Å². The Hall–Kier alpha value is -1.94. The minimum atomic E-state index is -4.96. The number of aliphatic hydroxyl groups is 1. The van der Waals surface area contributed by atoms with Gasteiger partial charge in [0, 0.05) is 25.7 Å². The molecule has 582 valence electrons. The number of unbranched alkanes of at least 4 members (excludes halogenated alkanes) is 48. The summed E-state index contributed by atoms with van der Waals surface area (Å²) in [6, 6.07) is 0. The van der Waals surface area contributed by atoms with Gasteiger partial charge in [0.05, 0.1) is 26.4 Å². The van der Waals surface area contributed by atoms with E-state index in [0.29, 0.717) is 25.7 Å². The van der Waals surface area contributed by atoms with Crippen LogP contribution in [-0.4, -0.2) is 96.7 Å². The first-order valence-corrected chi connectivity index (χ1v) is 44.0. The third-order valence-electron chi connectivity index (χ3n) is 18.5. The maximum Gasteiger partial charge on any atom is 0.472 e. The molecule has 19 heteroatoms. The van der Waals surface area contributed by atoms with Crippen LogP contribution < -0.4 is 0 Å². The predicted octanol–water partition coefficient (Wildman–Crippen LogP) is 23.5. The van der Waals surface area contributed by atoms with E-state index in [4.69, 9.17) is 37.0 Å². The maximum absolute atomic E-state index is 13.1. The molecule has 0 aliphatic carbocycles. The van der Waals surface area contributed by atoms with Crippen molar-refractivity contribution in [2.45, 2.75) is 432 Å². The van der Waals surface area contributed by atoms with Gasteiger partial charge in [-0.1, -0.05) is 363 Å². The first kappa shape index (κ1) is 96.1. The Kier molecular flexibility index (Phi) is 69.3. The molecule has 0 saturated heterocycles. The molecule has 0 spiro atoms. The van der Waals surface area contributed by atoms with Crippen molar-refractivity contribution in [3.05, 3.63) is 0 Å². The van der Waals surface area contributed by atoms with Crippen LogP contribution >= 0.6 is 15.6 Å². The second kappa shape index (κ2) is 70.7. The van der Waals surface area contributed by atoms with Crippen molar-refractivity contribution in [3.63, 3.8) is 0 Å². The van der Waals surface area contributed by atoms with Crippen molar-refractivity contribution in [2.24, 2.45) is 11.8 Å². The zero-order chi connectivity index (χ0) is 72.1. The van der Waals surface area contributed by atoms with E-state index in [1.54, 1.807) is 0 Å². The van der Waals surface area contributed by atoms with Gasteiger partial charge in [0.1, 0.15) is 19.3 Å². The minimum absolute atomic E-state index is 0.105. The fourth-order valence-corrected chi connectivity index (χ4v) is 13.8. The van der Waals surface area contributed by atoms with E-state index in [-0.39, 0.29) is 25.7 Å². The molecule has 0 aromatic carbocycles. The SMILES string of the molecule is CCCCCCCCCCCCCCCCCCCC(=O)OC[C@H](COP(=O)(O)OC[C@@H](O)COP(=O)(O)OC[C@@H](COC(=O)CCCCCCCCCC)OC(=O)CCCCCCCCCCCC(C)C)OC(=O)CCCCCCCCCCCCCCCCCCCCC(C)C. The summed E-state index contributed by atoms with van der Waals surface area (Å²) in [5.74, 6) is -0.558. The van der Waals surface area contributed by atoms with Gasteiger partial charge in [-0.3, -0.25) is 37.3 Å². The Labute approximate surface area is 600 Å². The Morgan fingerprint density at radius 3 is 0.694 bits per heavy atom. The highest BCUT2D eigenvalue weighted by molar-refractivity contribution is 7.47. The highest BCUT2D eigenvalue weighted by atomic mass is 31.2. The molecule has 0 rings (SSSR count). The molecule has 0 heterocycles. The molecule has 5 atom stereocenters. The number of hydrogen-bond donors (Lipinski definition) is 3. The summed E-state index contributed by atoms with van der Waals surface area (Å²) in [5, 5.41) is 10.6. The van der Waals surface area contributed by atoms with Crippen LogP contribution in [0.3, 0.4) is 0 Å². The van der Waals surface area contributed by atoms with E-state index < -0.39 is 97.5 Å². The fourth-order valence-electron chi connectivity index (χ4n) is 12.2. The lowest BCUT2D eigenvalue weighted by atomic mass is 10.0. The second-order valence-corrected chi connectivity index (χ2v) is 32.3. The van der Waals surface area contributed by atoms with Crippen LogP contribution in [0.1, 0.15) is 414 Å². The standard InChI is InChI=1S/C79H154O17P2/c1-7-9-11-13-15-17-18-19-20-23-27-30-33-38-44-50-56-62-77(82)90-68-75(95-78(83)63-57-51-45-39-34-31-28-25-22-21-24-26-29-32-36-41-47-53-59-71(3)4)70-94-98(87,88)92-66-73(80)65-91-97(85,86)93-69-74(67-89-76(81)61-55-49-43-16-14-12-10-8-2)96-79(84)64-58-52-46-40-35-37-42-48-54-60-72(5)6/h71-75,80H,7-70H2,1-6H3,(H,85,86)(H,87,88)/t73-,74+,75+/m0/s1. The molecule has 0 aromatic rings. The Balaban J connectivity index is 5.18. The predicted molar refractivity (Wildman–Crippen MR) is 400 cm³/mol. The highest BCUT2D eigenvalue weighted by Crippen LogP contribution is 2.45. The van der Waals surface area contributed by atoms with Gasteiger partial charge in [-0.25, -0.2) is 9.13 Å². The first-order valence-electron chi connectivity index (χ1n) is 41.0. The molecule has 0 bridgehead atoms. The number of esters is 4. The van der Waals surface area contributed by atoms with Crippen LogP contribution in [-0.2, 0) is 65.4 Å². The summed E-state index contributed by atoms with van der Waals surface area (Å²) in [5.41, 5.74) is 0. The van der Waals surface area contributed by atoms with Crippen molar-refractivity contribution in [3.8, 4) is 0 Å². The molecule has 0 radical (unpaired) electrons. The number of ether oxygens (including phenoxy) is 4. The van der Waals surface area contributed by atoms with Crippen LogP contribution in [0.25, 0.3) is 0 Å². The molecule has 0 fully saturated rings. The van der Waals surface area contributed by atoms with E-state index in [2.05, 4.69) is 41.5 Å². The summed E-state index contributed by atoms with van der Waals surface area (Å²) in [7, 11) is -9.91. The van der Waals surface area contributed by atoms with E-state index in [1.807, 2.05) is 0 Å². The maximum atomic E-state index is 13.1. The molecule has 98 heavy (non-hydrogen) atoms. The first-order chi connectivity index (χ1) is 47.4. The average molecular weight is 1440 g/mol. The number of aliphatic hydroxyl groups excluding tert-OH is 1. The lowest BCUT2D eigenvalue weighted by molar-refractivity contribution is -0.161. The number of phosphoric acid groups is 2. The van der Waals surface area contributed by atoms with Gasteiger partial charge >= 0.3 is 39.5 Å². The van der Waals surface area contributed by atoms with Gasteiger partial charge in [0.2, 0.25) is 0 Å². The largest absolute Gasteiger partial charge is 0.472 e. The van der Waals surface area contributed by atoms with Crippen molar-refractivity contribution < 1.29 is 80.2 Å². The summed E-state index contributed by atoms with van der Waals surface area (Å²) in [6.07, 6.45) is 59.8. The molecule has 17 nitrogen and oxygen atoms in total. The fraction of sp³-hybridized carbons (Fsp3) is 0.949. The number of carbonyl (C=O) groups excluding carboxylic acids is 4. The van der Waals surface area contributed by atoms with Crippen LogP contribution in [0, 0.1) is 11.8 Å². The van der Waals surface area contributed by atoms with Gasteiger partial charge in [-0.05, 0) is 37.5 Å². The number of phosphoric ester groups is 2. The molecule has 0 aliphatic heterocycles. The molecular formula is C79H154O17P2. The van der Waals surface area contributed by atoms with Crippen molar-refractivity contribution in [2.75, 3.05) is 39.6 Å². The summed E-state index contributed by atoms with van der Waals surface area (Å²) in [4.78, 5) is 72.8. The smallest absolute Gasteiger partial charge is 0.462 e. The normalized spacial score (nSPS) is 13.9. The molecule has 2 unspecified atom stereocenters. The monoisotopic (exact) mass is 1440 g/mol. The van der Waals surface area contributed by atoms with E-state index in [1.165, 1.54) is 225 Å². The molecule has 0 saturated carbocycles. The summed E-state index contributed by atoms with van der Waals surface area (Å²) in [6.45, 7) is 9.60. The van der Waals surface area contributed by atoms with Gasteiger partial charge in [-0.2, -0.15) is 0 Å². The molecule has 0 amide bonds. The number of rotatable bonds is 78. The Morgan fingerprint density at radius 1 is 0.276 bits per heavy atom.